The quantitative estimate of drug-likeness (QED) is 0.352. The van der Waals surface area contributed by atoms with E-state index >= 15 is 0 Å². The molecular weight excluding hydrogens is 412 g/mol. The Bertz CT molecular complexity index is 1170. The van der Waals surface area contributed by atoms with E-state index in [2.05, 4.69) is 70.8 Å². The van der Waals surface area contributed by atoms with Gasteiger partial charge in [0.1, 0.15) is 10.6 Å². The summed E-state index contributed by atoms with van der Waals surface area (Å²) >= 11 is 7.69. The van der Waals surface area contributed by atoms with E-state index in [0.717, 1.165) is 41.8 Å². The zero-order chi connectivity index (χ0) is 21.1. The van der Waals surface area contributed by atoms with Crippen LogP contribution in [0.5, 0.6) is 0 Å². The zero-order valence-corrected chi connectivity index (χ0v) is 18.6. The smallest absolute Gasteiger partial charge is 0.225 e. The van der Waals surface area contributed by atoms with Gasteiger partial charge >= 0.3 is 0 Å². The first-order valence-electron chi connectivity index (χ1n) is 10.0. The van der Waals surface area contributed by atoms with E-state index in [4.69, 9.17) is 11.6 Å². The number of nitrogens with one attached hydrogen (secondary N) is 1. The lowest BCUT2D eigenvalue weighted by atomic mass is 9.82. The van der Waals surface area contributed by atoms with E-state index in [-0.39, 0.29) is 10.7 Å². The SMILES string of the molecule is Cc1cc2c(NCCCc3ccc(C4=CCC(C)(C#N)C=C4)cc3)nc(Cl)nc2s1. The molecule has 2 heterocycles. The Morgan fingerprint density at radius 1 is 1.27 bits per heavy atom. The summed E-state index contributed by atoms with van der Waals surface area (Å²) in [4.78, 5) is 10.8. The Hall–Kier alpha value is -2.68. The highest BCUT2D eigenvalue weighted by molar-refractivity contribution is 7.18. The number of hydrogen-bond acceptors (Lipinski definition) is 5. The van der Waals surface area contributed by atoms with Gasteiger partial charge in [-0.1, -0.05) is 42.5 Å². The van der Waals surface area contributed by atoms with Crippen LogP contribution in [-0.2, 0) is 6.42 Å². The highest BCUT2D eigenvalue weighted by atomic mass is 35.5. The Morgan fingerprint density at radius 3 is 2.77 bits per heavy atom. The maximum Gasteiger partial charge on any atom is 0.225 e. The van der Waals surface area contributed by atoms with Crippen molar-refractivity contribution < 1.29 is 0 Å². The van der Waals surface area contributed by atoms with Crippen LogP contribution in [0, 0.1) is 23.7 Å². The van der Waals surface area contributed by atoms with Crippen molar-refractivity contribution >= 4 is 44.5 Å². The maximum absolute atomic E-state index is 9.24. The molecule has 6 heteroatoms. The third kappa shape index (κ3) is 4.56. The highest BCUT2D eigenvalue weighted by Gasteiger charge is 2.21. The van der Waals surface area contributed by atoms with Crippen LogP contribution < -0.4 is 5.32 Å². The molecule has 0 aliphatic heterocycles. The van der Waals surface area contributed by atoms with Gasteiger partial charge in [-0.15, -0.1) is 11.3 Å². The molecule has 1 unspecified atom stereocenters. The van der Waals surface area contributed by atoms with Gasteiger partial charge in [0.2, 0.25) is 5.28 Å². The molecule has 2 aromatic heterocycles. The number of aryl methyl sites for hydroxylation is 2. The molecule has 0 radical (unpaired) electrons. The topological polar surface area (TPSA) is 61.6 Å². The second kappa shape index (κ2) is 8.59. The van der Waals surface area contributed by atoms with Gasteiger partial charge in [-0.25, -0.2) is 9.97 Å². The molecule has 30 heavy (non-hydrogen) atoms. The average molecular weight is 435 g/mol. The normalized spacial score (nSPS) is 18.3. The van der Waals surface area contributed by atoms with Crippen LogP contribution >= 0.6 is 22.9 Å². The minimum Gasteiger partial charge on any atom is -0.369 e. The zero-order valence-electron chi connectivity index (χ0n) is 17.1. The van der Waals surface area contributed by atoms with E-state index in [1.807, 2.05) is 13.0 Å². The minimum atomic E-state index is -0.377. The van der Waals surface area contributed by atoms with Crippen molar-refractivity contribution in [3.63, 3.8) is 0 Å². The van der Waals surface area contributed by atoms with Crippen molar-refractivity contribution in [3.8, 4) is 6.07 Å². The summed E-state index contributed by atoms with van der Waals surface area (Å²) in [5.74, 6) is 0.810. The largest absolute Gasteiger partial charge is 0.369 e. The number of halogens is 1. The molecule has 4 nitrogen and oxygen atoms in total. The van der Waals surface area contributed by atoms with Crippen LogP contribution in [0.25, 0.3) is 15.8 Å². The number of nitriles is 1. The molecule has 1 aliphatic rings. The fraction of sp³-hybridized carbons (Fsp3) is 0.292. The van der Waals surface area contributed by atoms with Crippen molar-refractivity contribution in [2.24, 2.45) is 5.41 Å². The number of thiophene rings is 1. The van der Waals surface area contributed by atoms with Crippen LogP contribution in [0.2, 0.25) is 5.28 Å². The summed E-state index contributed by atoms with van der Waals surface area (Å²) in [6.45, 7) is 4.85. The summed E-state index contributed by atoms with van der Waals surface area (Å²) < 4.78 is 0. The molecule has 4 rings (SSSR count). The van der Waals surface area contributed by atoms with E-state index in [0.29, 0.717) is 0 Å². The summed E-state index contributed by atoms with van der Waals surface area (Å²) in [5, 5.41) is 14.0. The number of benzene rings is 1. The van der Waals surface area contributed by atoms with E-state index in [1.54, 1.807) is 11.3 Å². The molecule has 0 saturated heterocycles. The fourth-order valence-electron chi connectivity index (χ4n) is 3.54. The molecule has 1 N–H and O–H groups in total. The summed E-state index contributed by atoms with van der Waals surface area (Å²) in [5.41, 5.74) is 3.31. The maximum atomic E-state index is 9.24. The first kappa shape index (κ1) is 20.6. The molecule has 1 aromatic carbocycles. The molecule has 0 bridgehead atoms. The van der Waals surface area contributed by atoms with Gasteiger partial charge < -0.3 is 5.32 Å². The van der Waals surface area contributed by atoms with Gasteiger partial charge in [-0.05, 0) is 67.5 Å². The predicted molar refractivity (Wildman–Crippen MR) is 126 cm³/mol. The third-order valence-electron chi connectivity index (χ3n) is 5.34. The lowest BCUT2D eigenvalue weighted by molar-refractivity contribution is 0.575. The van der Waals surface area contributed by atoms with E-state index in [9.17, 15) is 5.26 Å². The lowest BCUT2D eigenvalue weighted by Crippen LogP contribution is -2.11. The van der Waals surface area contributed by atoms with Gasteiger partial charge in [-0.3, -0.25) is 0 Å². The molecule has 3 aromatic rings. The van der Waals surface area contributed by atoms with Gasteiger partial charge in [0, 0.05) is 11.4 Å². The van der Waals surface area contributed by atoms with E-state index < -0.39 is 0 Å². The van der Waals surface area contributed by atoms with Crippen molar-refractivity contribution in [1.29, 1.82) is 5.26 Å². The van der Waals surface area contributed by atoms with E-state index in [1.165, 1.54) is 21.6 Å². The standard InChI is InChI=1S/C24H23ClN4S/c1-16-14-20-21(28-23(25)29-22(20)30-16)27-13-3-4-17-5-7-18(8-6-17)19-9-11-24(2,15-26)12-10-19/h5-11,14H,3-4,12-13H2,1-2H3,(H,27,28,29). The highest BCUT2D eigenvalue weighted by Crippen LogP contribution is 2.32. The summed E-state index contributed by atoms with van der Waals surface area (Å²) in [6.07, 6.45) is 8.96. The lowest BCUT2D eigenvalue weighted by Gasteiger charge is -2.20. The minimum absolute atomic E-state index is 0.281. The molecule has 0 spiro atoms. The Kier molecular flexibility index (Phi) is 5.90. The monoisotopic (exact) mass is 434 g/mol. The number of anilines is 1. The van der Waals surface area contributed by atoms with Gasteiger partial charge in [-0.2, -0.15) is 5.26 Å². The number of nitrogens with zero attached hydrogens (tertiary/aromatic N) is 3. The molecule has 0 amide bonds. The van der Waals surface area contributed by atoms with Gasteiger partial charge in [0.15, 0.2) is 0 Å². The molecule has 0 saturated carbocycles. The number of allylic oxidation sites excluding steroid dienone is 4. The number of hydrogen-bond donors (Lipinski definition) is 1. The number of aromatic nitrogens is 2. The van der Waals surface area contributed by atoms with Crippen molar-refractivity contribution in [2.75, 3.05) is 11.9 Å². The molecule has 1 aliphatic carbocycles. The predicted octanol–water partition coefficient (Wildman–Crippen LogP) is 6.57. The van der Waals surface area contributed by atoms with Gasteiger partial charge in [0.25, 0.3) is 0 Å². The van der Waals surface area contributed by atoms with Gasteiger partial charge in [0.05, 0.1) is 16.9 Å². The molecular formula is C24H23ClN4S. The third-order valence-corrected chi connectivity index (χ3v) is 6.46. The number of rotatable bonds is 6. The second-order valence-electron chi connectivity index (χ2n) is 7.87. The fourth-order valence-corrected chi connectivity index (χ4v) is 4.64. The van der Waals surface area contributed by atoms with Crippen LogP contribution in [0.15, 0.2) is 48.6 Å². The molecule has 1 atom stereocenters. The molecule has 0 fully saturated rings. The van der Waals surface area contributed by atoms with Crippen LogP contribution in [0.4, 0.5) is 5.82 Å². The summed E-state index contributed by atoms with van der Waals surface area (Å²) in [6, 6.07) is 13.2. The summed E-state index contributed by atoms with van der Waals surface area (Å²) in [7, 11) is 0. The van der Waals surface area contributed by atoms with Crippen molar-refractivity contribution in [3.05, 3.63) is 69.8 Å². The van der Waals surface area contributed by atoms with Crippen molar-refractivity contribution in [1.82, 2.24) is 9.97 Å². The van der Waals surface area contributed by atoms with Crippen LogP contribution in [-0.4, -0.2) is 16.5 Å². The van der Waals surface area contributed by atoms with Crippen molar-refractivity contribution in [2.45, 2.75) is 33.1 Å². The first-order chi connectivity index (χ1) is 14.5. The van der Waals surface area contributed by atoms with Crippen LogP contribution in [0.3, 0.4) is 0 Å². The van der Waals surface area contributed by atoms with Crippen LogP contribution in [0.1, 0.15) is 35.8 Å². The second-order valence-corrected chi connectivity index (χ2v) is 9.44. The first-order valence-corrected chi connectivity index (χ1v) is 11.2. The molecule has 152 valence electrons. The average Bonchev–Trinajstić information content (AvgIpc) is 3.12. The Balaban J connectivity index is 1.33. The Morgan fingerprint density at radius 2 is 2.07 bits per heavy atom. The number of fused-ring (bicyclic) bond motifs is 1. The Labute approximate surface area is 185 Å².